The van der Waals surface area contributed by atoms with Crippen LogP contribution in [0.4, 0.5) is 0 Å². The standard InChI is InChI=1S/C21H29NO2/c1-21(2)17-6-5-15(18(21)11-17)12-22-8-7-14-9-19(23-3)20(24-4)10-16(14)13-22/h5,9-10,17-18H,6-8,11-13H2,1-4H3/t17-,18+/m0/s1. The highest BCUT2D eigenvalue weighted by molar-refractivity contribution is 5.48. The molecule has 1 aromatic carbocycles. The number of methoxy groups -OCH3 is 2. The Hall–Kier alpha value is -1.48. The molecule has 2 bridgehead atoms. The lowest BCUT2D eigenvalue weighted by atomic mass is 9.49. The summed E-state index contributed by atoms with van der Waals surface area (Å²) in [6.45, 7) is 8.21. The fourth-order valence-electron chi connectivity index (χ4n) is 4.99. The molecule has 0 aromatic heterocycles. The van der Waals surface area contributed by atoms with E-state index in [1.54, 1.807) is 19.8 Å². The van der Waals surface area contributed by atoms with Crippen LogP contribution in [0.15, 0.2) is 23.8 Å². The lowest BCUT2D eigenvalue weighted by molar-refractivity contribution is -0.0110. The van der Waals surface area contributed by atoms with Crippen molar-refractivity contribution in [2.24, 2.45) is 17.3 Å². The molecule has 0 spiro atoms. The molecule has 3 heteroatoms. The van der Waals surface area contributed by atoms with Crippen molar-refractivity contribution < 1.29 is 9.47 Å². The van der Waals surface area contributed by atoms with Crippen LogP contribution in [0.5, 0.6) is 11.5 Å². The summed E-state index contributed by atoms with van der Waals surface area (Å²) < 4.78 is 10.9. The Bertz CT molecular complexity index is 677. The number of nitrogens with zero attached hydrogens (tertiary/aromatic N) is 1. The first kappa shape index (κ1) is 16.0. The van der Waals surface area contributed by atoms with Gasteiger partial charge in [-0.1, -0.05) is 25.5 Å². The fraction of sp³-hybridized carbons (Fsp3) is 0.619. The predicted octanol–water partition coefficient (Wildman–Crippen LogP) is 4.05. The Morgan fingerprint density at radius 3 is 2.46 bits per heavy atom. The van der Waals surface area contributed by atoms with E-state index in [2.05, 4.69) is 37.0 Å². The van der Waals surface area contributed by atoms with Gasteiger partial charge in [0.2, 0.25) is 0 Å². The third kappa shape index (κ3) is 2.45. The molecule has 130 valence electrons. The van der Waals surface area contributed by atoms with Crippen LogP contribution < -0.4 is 9.47 Å². The molecule has 1 aromatic rings. The topological polar surface area (TPSA) is 21.7 Å². The van der Waals surface area contributed by atoms with Crippen LogP contribution in [0, 0.1) is 17.3 Å². The minimum absolute atomic E-state index is 0.522. The van der Waals surface area contributed by atoms with Crippen molar-refractivity contribution in [1.82, 2.24) is 4.90 Å². The van der Waals surface area contributed by atoms with Gasteiger partial charge < -0.3 is 9.47 Å². The monoisotopic (exact) mass is 327 g/mol. The highest BCUT2D eigenvalue weighted by Crippen LogP contribution is 2.59. The molecule has 0 amide bonds. The van der Waals surface area contributed by atoms with Crippen molar-refractivity contribution in [2.75, 3.05) is 27.3 Å². The summed E-state index contributed by atoms with van der Waals surface area (Å²) >= 11 is 0. The van der Waals surface area contributed by atoms with E-state index in [9.17, 15) is 0 Å². The molecule has 3 nitrogen and oxygen atoms in total. The summed E-state index contributed by atoms with van der Waals surface area (Å²) in [4.78, 5) is 2.61. The third-order valence-electron chi connectivity index (χ3n) is 6.79. The Kier molecular flexibility index (Phi) is 3.87. The molecule has 0 unspecified atom stereocenters. The van der Waals surface area contributed by atoms with Gasteiger partial charge in [0.1, 0.15) is 0 Å². The predicted molar refractivity (Wildman–Crippen MR) is 96.6 cm³/mol. The van der Waals surface area contributed by atoms with E-state index in [1.165, 1.54) is 24.0 Å². The van der Waals surface area contributed by atoms with Gasteiger partial charge in [0.05, 0.1) is 14.2 Å². The van der Waals surface area contributed by atoms with Crippen molar-refractivity contribution in [3.63, 3.8) is 0 Å². The van der Waals surface area contributed by atoms with Gasteiger partial charge in [-0.3, -0.25) is 4.90 Å². The molecule has 0 saturated heterocycles. The van der Waals surface area contributed by atoms with E-state index >= 15 is 0 Å². The SMILES string of the molecule is COc1cc2c(cc1OC)CN(CC1=CC[C@H]3C[C@H]1C3(C)C)CC2. The first-order chi connectivity index (χ1) is 11.5. The van der Waals surface area contributed by atoms with E-state index < -0.39 is 0 Å². The smallest absolute Gasteiger partial charge is 0.161 e. The number of fused-ring (bicyclic) bond motifs is 2. The lowest BCUT2D eigenvalue weighted by Gasteiger charge is -2.57. The van der Waals surface area contributed by atoms with Gasteiger partial charge in [-0.15, -0.1) is 0 Å². The summed E-state index contributed by atoms with van der Waals surface area (Å²) in [6, 6.07) is 4.32. The van der Waals surface area contributed by atoms with Crippen molar-refractivity contribution >= 4 is 0 Å². The molecule has 1 saturated carbocycles. The van der Waals surface area contributed by atoms with Crippen molar-refractivity contribution in [3.8, 4) is 11.5 Å². The Morgan fingerprint density at radius 1 is 1.12 bits per heavy atom. The molecule has 1 heterocycles. The quantitative estimate of drug-likeness (QED) is 0.779. The number of benzene rings is 1. The van der Waals surface area contributed by atoms with Gasteiger partial charge in [0.25, 0.3) is 0 Å². The Balaban J connectivity index is 1.50. The van der Waals surface area contributed by atoms with Crippen LogP contribution >= 0.6 is 0 Å². The lowest BCUT2D eigenvalue weighted by Crippen LogP contribution is -2.50. The molecular formula is C21H29NO2. The summed E-state index contributed by atoms with van der Waals surface area (Å²) in [6.07, 6.45) is 6.33. The summed E-state index contributed by atoms with van der Waals surface area (Å²) in [5.74, 6) is 3.42. The number of ether oxygens (including phenoxy) is 2. The second-order valence-electron chi connectivity index (χ2n) is 8.26. The molecule has 5 rings (SSSR count). The highest BCUT2D eigenvalue weighted by Gasteiger charge is 2.51. The van der Waals surface area contributed by atoms with Crippen LogP contribution in [0.1, 0.15) is 37.8 Å². The van der Waals surface area contributed by atoms with Crippen LogP contribution in [0.2, 0.25) is 0 Å². The van der Waals surface area contributed by atoms with Crippen molar-refractivity contribution in [3.05, 3.63) is 34.9 Å². The maximum absolute atomic E-state index is 5.48. The number of hydrogen-bond donors (Lipinski definition) is 0. The summed E-state index contributed by atoms with van der Waals surface area (Å²) in [5.41, 5.74) is 5.01. The van der Waals surface area contributed by atoms with Crippen molar-refractivity contribution in [1.29, 1.82) is 0 Å². The van der Waals surface area contributed by atoms with Gasteiger partial charge >= 0.3 is 0 Å². The van der Waals surface area contributed by atoms with Crippen molar-refractivity contribution in [2.45, 2.75) is 39.7 Å². The zero-order valence-corrected chi connectivity index (χ0v) is 15.4. The van der Waals surface area contributed by atoms with Gasteiger partial charge in [-0.2, -0.15) is 0 Å². The molecule has 1 fully saturated rings. The van der Waals surface area contributed by atoms with E-state index in [0.29, 0.717) is 5.41 Å². The average Bonchev–Trinajstić information content (AvgIpc) is 2.60. The summed E-state index contributed by atoms with van der Waals surface area (Å²) in [7, 11) is 3.43. The summed E-state index contributed by atoms with van der Waals surface area (Å²) in [5, 5.41) is 0. The molecular weight excluding hydrogens is 298 g/mol. The zero-order valence-electron chi connectivity index (χ0n) is 15.4. The van der Waals surface area contributed by atoms with E-state index in [-0.39, 0.29) is 0 Å². The highest BCUT2D eigenvalue weighted by atomic mass is 16.5. The van der Waals surface area contributed by atoms with Crippen LogP contribution in [-0.4, -0.2) is 32.2 Å². The number of hydrogen-bond acceptors (Lipinski definition) is 3. The Morgan fingerprint density at radius 2 is 1.83 bits per heavy atom. The minimum atomic E-state index is 0.522. The maximum atomic E-state index is 5.48. The zero-order chi connectivity index (χ0) is 16.9. The van der Waals surface area contributed by atoms with E-state index in [1.807, 2.05) is 0 Å². The largest absolute Gasteiger partial charge is 0.493 e. The molecule has 24 heavy (non-hydrogen) atoms. The molecule has 1 aliphatic heterocycles. The van der Waals surface area contributed by atoms with Crippen LogP contribution in [0.25, 0.3) is 0 Å². The molecule has 2 atom stereocenters. The second-order valence-corrected chi connectivity index (χ2v) is 8.26. The normalized spacial score (nSPS) is 27.8. The first-order valence-corrected chi connectivity index (χ1v) is 9.18. The molecule has 0 radical (unpaired) electrons. The Labute approximate surface area is 145 Å². The molecule has 0 N–H and O–H groups in total. The average molecular weight is 327 g/mol. The maximum Gasteiger partial charge on any atom is 0.161 e. The van der Waals surface area contributed by atoms with Gasteiger partial charge in [-0.05, 0) is 59.8 Å². The van der Waals surface area contributed by atoms with Gasteiger partial charge in [0, 0.05) is 19.6 Å². The molecule has 4 aliphatic rings. The van der Waals surface area contributed by atoms with E-state index in [4.69, 9.17) is 9.47 Å². The first-order valence-electron chi connectivity index (χ1n) is 9.18. The van der Waals surface area contributed by atoms with Gasteiger partial charge in [-0.25, -0.2) is 0 Å². The fourth-order valence-corrected chi connectivity index (χ4v) is 4.99. The van der Waals surface area contributed by atoms with Crippen LogP contribution in [0.3, 0.4) is 0 Å². The van der Waals surface area contributed by atoms with Crippen LogP contribution in [-0.2, 0) is 13.0 Å². The second kappa shape index (κ2) is 5.80. The van der Waals surface area contributed by atoms with Gasteiger partial charge in [0.15, 0.2) is 11.5 Å². The minimum Gasteiger partial charge on any atom is -0.493 e. The third-order valence-corrected chi connectivity index (χ3v) is 6.79. The number of rotatable bonds is 4. The molecule has 3 aliphatic carbocycles. The number of allylic oxidation sites excluding steroid dienone is 1. The van der Waals surface area contributed by atoms with E-state index in [0.717, 1.165) is 49.4 Å².